The van der Waals surface area contributed by atoms with E-state index in [0.29, 0.717) is 18.6 Å². The van der Waals surface area contributed by atoms with Crippen LogP contribution in [0.5, 0.6) is 5.75 Å². The Labute approximate surface area is 104 Å². The van der Waals surface area contributed by atoms with E-state index in [1.165, 1.54) is 18.4 Å². The molecule has 17 heavy (non-hydrogen) atoms. The zero-order valence-electron chi connectivity index (χ0n) is 10.7. The highest BCUT2D eigenvalue weighted by atomic mass is 16.5. The number of benzene rings is 1. The fourth-order valence-corrected chi connectivity index (χ4v) is 2.71. The minimum atomic E-state index is 0.346. The van der Waals surface area contributed by atoms with Gasteiger partial charge in [0, 0.05) is 18.6 Å². The number of ether oxygens (including phenoxy) is 1. The van der Waals surface area contributed by atoms with Crippen LogP contribution in [0.4, 0.5) is 0 Å². The van der Waals surface area contributed by atoms with E-state index in [2.05, 4.69) is 24.0 Å². The van der Waals surface area contributed by atoms with E-state index in [1.807, 2.05) is 12.1 Å². The molecule has 1 saturated heterocycles. The van der Waals surface area contributed by atoms with Crippen LogP contribution in [0, 0.1) is 0 Å². The summed E-state index contributed by atoms with van der Waals surface area (Å²) in [5.41, 5.74) is 7.24. The normalized spacial score (nSPS) is 22.6. The Morgan fingerprint density at radius 2 is 2.12 bits per heavy atom. The first-order valence-corrected chi connectivity index (χ1v) is 6.36. The molecule has 2 atom stereocenters. The molecule has 0 radical (unpaired) electrons. The standard InChI is InChI=1S/C14H22N2O/c1-11-4-3-9-16(11)14(10-15)12-5-7-13(17-2)8-6-12/h5-8,11,14H,3-4,9-10,15H2,1-2H3. The van der Waals surface area contributed by atoms with Crippen molar-refractivity contribution < 1.29 is 4.74 Å². The van der Waals surface area contributed by atoms with E-state index in [0.717, 1.165) is 12.3 Å². The van der Waals surface area contributed by atoms with Gasteiger partial charge in [-0.15, -0.1) is 0 Å². The number of rotatable bonds is 4. The molecule has 0 aromatic heterocycles. The summed E-state index contributed by atoms with van der Waals surface area (Å²) in [6.45, 7) is 4.13. The van der Waals surface area contributed by atoms with E-state index in [-0.39, 0.29) is 0 Å². The average molecular weight is 234 g/mol. The minimum Gasteiger partial charge on any atom is -0.497 e. The molecule has 3 nitrogen and oxygen atoms in total. The Morgan fingerprint density at radius 1 is 1.41 bits per heavy atom. The molecule has 1 aliphatic rings. The highest BCUT2D eigenvalue weighted by Gasteiger charge is 2.27. The second-order valence-electron chi connectivity index (χ2n) is 4.75. The smallest absolute Gasteiger partial charge is 0.118 e. The first kappa shape index (κ1) is 12.4. The van der Waals surface area contributed by atoms with Crippen LogP contribution in [-0.4, -0.2) is 31.1 Å². The van der Waals surface area contributed by atoms with Gasteiger partial charge in [-0.2, -0.15) is 0 Å². The van der Waals surface area contributed by atoms with Crippen molar-refractivity contribution in [2.24, 2.45) is 5.73 Å². The summed E-state index contributed by atoms with van der Waals surface area (Å²) in [4.78, 5) is 2.52. The van der Waals surface area contributed by atoms with Gasteiger partial charge < -0.3 is 10.5 Å². The molecule has 1 fully saturated rings. The van der Waals surface area contributed by atoms with E-state index in [4.69, 9.17) is 10.5 Å². The van der Waals surface area contributed by atoms with E-state index in [9.17, 15) is 0 Å². The fourth-order valence-electron chi connectivity index (χ4n) is 2.71. The molecule has 1 heterocycles. The largest absolute Gasteiger partial charge is 0.497 e. The number of hydrogen-bond donors (Lipinski definition) is 1. The lowest BCUT2D eigenvalue weighted by molar-refractivity contribution is 0.195. The quantitative estimate of drug-likeness (QED) is 0.868. The van der Waals surface area contributed by atoms with Crippen molar-refractivity contribution in [3.63, 3.8) is 0 Å². The Bertz CT molecular complexity index is 350. The van der Waals surface area contributed by atoms with Crippen molar-refractivity contribution >= 4 is 0 Å². The van der Waals surface area contributed by atoms with Gasteiger partial charge in [0.25, 0.3) is 0 Å². The van der Waals surface area contributed by atoms with Crippen molar-refractivity contribution in [3.8, 4) is 5.75 Å². The fraction of sp³-hybridized carbons (Fsp3) is 0.571. The monoisotopic (exact) mass is 234 g/mol. The zero-order chi connectivity index (χ0) is 12.3. The van der Waals surface area contributed by atoms with Crippen molar-refractivity contribution in [1.82, 2.24) is 4.90 Å². The molecule has 0 spiro atoms. The van der Waals surface area contributed by atoms with Crippen LogP contribution in [-0.2, 0) is 0 Å². The SMILES string of the molecule is COc1ccc(C(CN)N2CCCC2C)cc1. The van der Waals surface area contributed by atoms with Crippen molar-refractivity contribution in [2.45, 2.75) is 31.8 Å². The van der Waals surface area contributed by atoms with Gasteiger partial charge in [0.15, 0.2) is 0 Å². The number of nitrogens with zero attached hydrogens (tertiary/aromatic N) is 1. The van der Waals surface area contributed by atoms with Crippen LogP contribution in [0.2, 0.25) is 0 Å². The van der Waals surface area contributed by atoms with Crippen molar-refractivity contribution in [2.75, 3.05) is 20.2 Å². The van der Waals surface area contributed by atoms with Gasteiger partial charge in [0.1, 0.15) is 5.75 Å². The van der Waals surface area contributed by atoms with Gasteiger partial charge in [-0.05, 0) is 44.0 Å². The predicted octanol–water partition coefficient (Wildman–Crippen LogP) is 2.18. The zero-order valence-corrected chi connectivity index (χ0v) is 10.7. The first-order chi connectivity index (χ1) is 8.26. The molecule has 1 aromatic carbocycles. The Hall–Kier alpha value is -1.06. The molecule has 0 saturated carbocycles. The highest BCUT2D eigenvalue weighted by molar-refractivity contribution is 5.29. The van der Waals surface area contributed by atoms with Gasteiger partial charge in [-0.1, -0.05) is 12.1 Å². The van der Waals surface area contributed by atoms with Gasteiger partial charge >= 0.3 is 0 Å². The van der Waals surface area contributed by atoms with Gasteiger partial charge in [0.05, 0.1) is 7.11 Å². The number of hydrogen-bond acceptors (Lipinski definition) is 3. The molecule has 2 N–H and O–H groups in total. The third-order valence-electron chi connectivity index (χ3n) is 3.73. The molecule has 1 aromatic rings. The molecule has 3 heteroatoms. The maximum Gasteiger partial charge on any atom is 0.118 e. The first-order valence-electron chi connectivity index (χ1n) is 6.36. The maximum atomic E-state index is 5.94. The number of methoxy groups -OCH3 is 1. The Balaban J connectivity index is 2.16. The molecule has 1 aliphatic heterocycles. The topological polar surface area (TPSA) is 38.5 Å². The lowest BCUT2D eigenvalue weighted by Crippen LogP contribution is -2.35. The third-order valence-corrected chi connectivity index (χ3v) is 3.73. The molecule has 0 aliphatic carbocycles. The highest BCUT2D eigenvalue weighted by Crippen LogP contribution is 2.29. The number of likely N-dealkylation sites (tertiary alicyclic amines) is 1. The maximum absolute atomic E-state index is 5.94. The van der Waals surface area contributed by atoms with E-state index >= 15 is 0 Å². The van der Waals surface area contributed by atoms with Crippen LogP contribution in [0.1, 0.15) is 31.4 Å². The third kappa shape index (κ3) is 2.61. The van der Waals surface area contributed by atoms with Gasteiger partial charge in [-0.25, -0.2) is 0 Å². The molecule has 94 valence electrons. The minimum absolute atomic E-state index is 0.346. The molecule has 2 unspecified atom stereocenters. The average Bonchev–Trinajstić information content (AvgIpc) is 2.78. The number of nitrogens with two attached hydrogens (primary N) is 1. The van der Waals surface area contributed by atoms with Crippen molar-refractivity contribution in [1.29, 1.82) is 0 Å². The summed E-state index contributed by atoms with van der Waals surface area (Å²) in [6, 6.07) is 9.27. The van der Waals surface area contributed by atoms with Crippen LogP contribution < -0.4 is 10.5 Å². The van der Waals surface area contributed by atoms with Crippen LogP contribution in [0.25, 0.3) is 0 Å². The van der Waals surface area contributed by atoms with Crippen molar-refractivity contribution in [3.05, 3.63) is 29.8 Å². The molecular weight excluding hydrogens is 212 g/mol. The van der Waals surface area contributed by atoms with Gasteiger partial charge in [-0.3, -0.25) is 4.90 Å². The van der Waals surface area contributed by atoms with Crippen LogP contribution in [0.15, 0.2) is 24.3 Å². The Morgan fingerprint density at radius 3 is 2.59 bits per heavy atom. The molecule has 0 amide bonds. The van der Waals surface area contributed by atoms with Gasteiger partial charge in [0.2, 0.25) is 0 Å². The summed E-state index contributed by atoms with van der Waals surface area (Å²) >= 11 is 0. The second-order valence-corrected chi connectivity index (χ2v) is 4.75. The van der Waals surface area contributed by atoms with E-state index < -0.39 is 0 Å². The molecular formula is C14H22N2O. The molecule has 2 rings (SSSR count). The summed E-state index contributed by atoms with van der Waals surface area (Å²) < 4.78 is 5.18. The second kappa shape index (κ2) is 5.52. The van der Waals surface area contributed by atoms with Crippen LogP contribution >= 0.6 is 0 Å². The summed E-state index contributed by atoms with van der Waals surface area (Å²) in [5, 5.41) is 0. The van der Waals surface area contributed by atoms with Crippen LogP contribution in [0.3, 0.4) is 0 Å². The summed E-state index contributed by atoms with van der Waals surface area (Å²) in [7, 11) is 1.69. The van der Waals surface area contributed by atoms with E-state index in [1.54, 1.807) is 7.11 Å². The summed E-state index contributed by atoms with van der Waals surface area (Å²) in [5.74, 6) is 0.902. The predicted molar refractivity (Wildman–Crippen MR) is 70.2 cm³/mol. The lowest BCUT2D eigenvalue weighted by Gasteiger charge is -2.30. The lowest BCUT2D eigenvalue weighted by atomic mass is 10.0. The Kier molecular flexibility index (Phi) is 4.02. The summed E-state index contributed by atoms with van der Waals surface area (Å²) in [6.07, 6.45) is 2.57. The molecule has 0 bridgehead atoms.